The molecule has 0 aliphatic rings. The fraction of sp³-hybridized carbons (Fsp3) is 0.143. The Hall–Kier alpha value is -3.72. The molecule has 2 aromatic carbocycles. The van der Waals surface area contributed by atoms with Gasteiger partial charge in [0, 0.05) is 18.3 Å². The van der Waals surface area contributed by atoms with Gasteiger partial charge in [-0.15, -0.1) is 5.10 Å². The van der Waals surface area contributed by atoms with Crippen molar-refractivity contribution in [1.29, 1.82) is 0 Å². The van der Waals surface area contributed by atoms with Crippen LogP contribution in [0.1, 0.15) is 11.1 Å². The Bertz CT molecular complexity index is 1540. The van der Waals surface area contributed by atoms with Crippen molar-refractivity contribution in [2.45, 2.75) is 13.1 Å². The molecular weight excluding hydrogens is 423 g/mol. The van der Waals surface area contributed by atoms with Gasteiger partial charge >= 0.3 is 5.69 Å². The Morgan fingerprint density at radius 2 is 1.58 bits per heavy atom. The molecule has 0 fully saturated rings. The third-order valence-electron chi connectivity index (χ3n) is 5.06. The Labute approximate surface area is 179 Å². The summed E-state index contributed by atoms with van der Waals surface area (Å²) in [6.07, 6.45) is 1.61. The molecule has 0 unspecified atom stereocenters. The van der Waals surface area contributed by atoms with Gasteiger partial charge in [0.2, 0.25) is 5.78 Å². The maximum atomic E-state index is 13.3. The van der Waals surface area contributed by atoms with E-state index in [-0.39, 0.29) is 35.8 Å². The minimum absolute atomic E-state index is 0.118. The highest BCUT2D eigenvalue weighted by molar-refractivity contribution is 6.30. The van der Waals surface area contributed by atoms with E-state index in [9.17, 15) is 14.0 Å². The fourth-order valence-electron chi connectivity index (χ4n) is 3.57. The van der Waals surface area contributed by atoms with Crippen LogP contribution in [-0.4, -0.2) is 28.5 Å². The molecule has 3 heterocycles. The summed E-state index contributed by atoms with van der Waals surface area (Å²) < 4.78 is 18.8. The second-order valence-corrected chi connectivity index (χ2v) is 7.69. The summed E-state index contributed by atoms with van der Waals surface area (Å²) in [5.41, 5.74) is 1.30. The summed E-state index contributed by atoms with van der Waals surface area (Å²) in [6, 6.07) is 12.9. The van der Waals surface area contributed by atoms with Gasteiger partial charge in [-0.3, -0.25) is 14.0 Å². The van der Waals surface area contributed by atoms with E-state index in [1.54, 1.807) is 37.5 Å². The van der Waals surface area contributed by atoms with Gasteiger partial charge in [-0.2, -0.15) is 5.10 Å². The zero-order chi connectivity index (χ0) is 21.7. The van der Waals surface area contributed by atoms with Gasteiger partial charge in [0.15, 0.2) is 5.52 Å². The molecule has 0 aliphatic heterocycles. The number of rotatable bonds is 4. The molecule has 0 atom stereocenters. The molecule has 0 N–H and O–H groups in total. The molecule has 156 valence electrons. The molecular formula is C21H16ClFN6O2. The molecule has 31 heavy (non-hydrogen) atoms. The predicted molar refractivity (Wildman–Crippen MR) is 114 cm³/mol. The molecule has 8 nitrogen and oxygen atoms in total. The van der Waals surface area contributed by atoms with Crippen molar-refractivity contribution >= 4 is 28.4 Å². The molecule has 3 aromatic heterocycles. The summed E-state index contributed by atoms with van der Waals surface area (Å²) in [7, 11) is 1.68. The van der Waals surface area contributed by atoms with Crippen molar-refractivity contribution in [3.63, 3.8) is 0 Å². The second-order valence-electron chi connectivity index (χ2n) is 7.26. The summed E-state index contributed by atoms with van der Waals surface area (Å²) in [5, 5.41) is 9.28. The van der Waals surface area contributed by atoms with E-state index >= 15 is 0 Å². The van der Waals surface area contributed by atoms with Gasteiger partial charge in [-0.05, 0) is 35.4 Å². The molecule has 0 aliphatic carbocycles. The average Bonchev–Trinajstić information content (AvgIpc) is 3.28. The van der Waals surface area contributed by atoms with Crippen molar-refractivity contribution in [1.82, 2.24) is 28.5 Å². The van der Waals surface area contributed by atoms with Crippen LogP contribution in [0.2, 0.25) is 5.02 Å². The lowest BCUT2D eigenvalue weighted by Gasteiger charge is -2.07. The van der Waals surface area contributed by atoms with Gasteiger partial charge in [0.05, 0.1) is 13.1 Å². The van der Waals surface area contributed by atoms with Crippen molar-refractivity contribution in [2.75, 3.05) is 0 Å². The quantitative estimate of drug-likeness (QED) is 0.431. The smallest absolute Gasteiger partial charge is 0.273 e. The zero-order valence-electron chi connectivity index (χ0n) is 16.4. The number of nitrogens with zero attached hydrogens (tertiary/aromatic N) is 6. The minimum Gasteiger partial charge on any atom is -0.273 e. The largest absolute Gasteiger partial charge is 0.352 e. The molecule has 0 saturated carbocycles. The normalized spacial score (nSPS) is 11.6. The zero-order valence-corrected chi connectivity index (χ0v) is 17.1. The van der Waals surface area contributed by atoms with Crippen LogP contribution in [0.3, 0.4) is 0 Å². The van der Waals surface area contributed by atoms with Gasteiger partial charge < -0.3 is 0 Å². The van der Waals surface area contributed by atoms with Crippen LogP contribution >= 0.6 is 11.6 Å². The van der Waals surface area contributed by atoms with Crippen LogP contribution in [0.25, 0.3) is 16.8 Å². The maximum absolute atomic E-state index is 13.3. The van der Waals surface area contributed by atoms with Crippen LogP contribution in [-0.2, 0) is 20.1 Å². The number of hydrogen-bond acceptors (Lipinski definition) is 4. The lowest BCUT2D eigenvalue weighted by atomic mass is 10.2. The maximum Gasteiger partial charge on any atom is 0.352 e. The van der Waals surface area contributed by atoms with Crippen molar-refractivity contribution in [3.05, 3.63) is 97.5 Å². The van der Waals surface area contributed by atoms with Crippen LogP contribution in [0.15, 0.2) is 64.3 Å². The number of aromatic nitrogens is 6. The standard InChI is InChI=1S/C21H16ClFN6O2/c1-26-12-17-18(24-26)19(30)27(10-13-4-8-16(23)9-5-13)20-25-28(21(31)29(17)20)11-14-2-6-15(22)7-3-14/h2-9,12H,10-11H2,1H3. The molecule has 5 aromatic rings. The first-order valence-corrected chi connectivity index (χ1v) is 9.83. The van der Waals surface area contributed by atoms with Crippen molar-refractivity contribution in [3.8, 4) is 0 Å². The molecule has 10 heteroatoms. The van der Waals surface area contributed by atoms with E-state index in [2.05, 4.69) is 10.2 Å². The van der Waals surface area contributed by atoms with E-state index in [0.717, 1.165) is 5.56 Å². The van der Waals surface area contributed by atoms with E-state index in [4.69, 9.17) is 11.6 Å². The van der Waals surface area contributed by atoms with Crippen molar-refractivity contribution < 1.29 is 4.39 Å². The molecule has 5 rings (SSSR count). The Kier molecular flexibility index (Phi) is 4.48. The molecule has 0 radical (unpaired) electrons. The Balaban J connectivity index is 1.73. The first kappa shape index (κ1) is 19.3. The molecule has 0 spiro atoms. The first-order chi connectivity index (χ1) is 14.9. The number of fused-ring (bicyclic) bond motifs is 3. The number of benzene rings is 2. The van der Waals surface area contributed by atoms with Crippen LogP contribution in [0, 0.1) is 5.82 Å². The first-order valence-electron chi connectivity index (χ1n) is 9.45. The topological polar surface area (TPSA) is 79.1 Å². The van der Waals surface area contributed by atoms with E-state index < -0.39 is 5.69 Å². The highest BCUT2D eigenvalue weighted by Gasteiger charge is 2.20. The third kappa shape index (κ3) is 3.32. The van der Waals surface area contributed by atoms with Crippen LogP contribution in [0.5, 0.6) is 0 Å². The van der Waals surface area contributed by atoms with Crippen molar-refractivity contribution in [2.24, 2.45) is 7.05 Å². The average molecular weight is 439 g/mol. The van der Waals surface area contributed by atoms with E-state index in [1.807, 2.05) is 12.1 Å². The number of halogens is 2. The lowest BCUT2D eigenvalue weighted by molar-refractivity contribution is 0.626. The Morgan fingerprint density at radius 1 is 0.935 bits per heavy atom. The predicted octanol–water partition coefficient (Wildman–Crippen LogP) is 2.43. The van der Waals surface area contributed by atoms with Gasteiger partial charge in [0.25, 0.3) is 5.56 Å². The van der Waals surface area contributed by atoms with Crippen LogP contribution < -0.4 is 11.2 Å². The highest BCUT2D eigenvalue weighted by Crippen LogP contribution is 2.13. The summed E-state index contributed by atoms with van der Waals surface area (Å²) in [6.45, 7) is 0.330. The van der Waals surface area contributed by atoms with Gasteiger partial charge in [-0.25, -0.2) is 18.3 Å². The fourth-order valence-corrected chi connectivity index (χ4v) is 3.70. The monoisotopic (exact) mass is 438 g/mol. The second kappa shape index (κ2) is 7.21. The molecule has 0 saturated heterocycles. The number of aryl methyl sites for hydroxylation is 1. The SMILES string of the molecule is Cn1cc2c(n1)c(=O)n(Cc1ccc(F)cc1)c1nn(Cc3ccc(Cl)cc3)c(=O)n21. The van der Waals surface area contributed by atoms with Gasteiger partial charge in [0.1, 0.15) is 11.3 Å². The van der Waals surface area contributed by atoms with Crippen LogP contribution in [0.4, 0.5) is 4.39 Å². The Morgan fingerprint density at radius 3 is 2.29 bits per heavy atom. The lowest BCUT2D eigenvalue weighted by Crippen LogP contribution is -2.26. The summed E-state index contributed by atoms with van der Waals surface area (Å²) in [5.74, 6) is -0.182. The third-order valence-corrected chi connectivity index (χ3v) is 5.31. The van der Waals surface area contributed by atoms with E-state index in [1.165, 1.54) is 30.5 Å². The summed E-state index contributed by atoms with van der Waals surface area (Å²) >= 11 is 5.94. The van der Waals surface area contributed by atoms with E-state index in [0.29, 0.717) is 16.1 Å². The molecule has 0 bridgehead atoms. The highest BCUT2D eigenvalue weighted by atomic mass is 35.5. The minimum atomic E-state index is -0.393. The number of hydrogen-bond donors (Lipinski definition) is 0. The molecule has 0 amide bonds. The van der Waals surface area contributed by atoms with Gasteiger partial charge in [-0.1, -0.05) is 35.9 Å². The summed E-state index contributed by atoms with van der Waals surface area (Å²) in [4.78, 5) is 26.4.